The average Bonchev–Trinajstić information content (AvgIpc) is 2.27. The summed E-state index contributed by atoms with van der Waals surface area (Å²) in [5.74, 6) is 1.84. The first-order valence-corrected chi connectivity index (χ1v) is 6.15. The zero-order valence-corrected chi connectivity index (χ0v) is 11.8. The second-order valence-corrected chi connectivity index (χ2v) is 5.44. The Bertz CT molecular complexity index is 357. The van der Waals surface area contributed by atoms with Gasteiger partial charge in [-0.05, 0) is 19.3 Å². The summed E-state index contributed by atoms with van der Waals surface area (Å²) in [6.07, 6.45) is 1.61. The Hall–Kier alpha value is -1.32. The van der Waals surface area contributed by atoms with Crippen molar-refractivity contribution >= 4 is 11.6 Å². The molecule has 0 radical (unpaired) electrons. The quantitative estimate of drug-likeness (QED) is 0.872. The van der Waals surface area contributed by atoms with E-state index >= 15 is 0 Å². The first-order chi connectivity index (χ1) is 7.86. The minimum absolute atomic E-state index is 0.220. The van der Waals surface area contributed by atoms with Crippen LogP contribution in [0.3, 0.4) is 0 Å². The summed E-state index contributed by atoms with van der Waals surface area (Å²) in [6, 6.07) is 2.40. The molecular weight excluding hydrogens is 212 g/mol. The zero-order valence-electron chi connectivity index (χ0n) is 11.8. The molecule has 0 spiro atoms. The minimum atomic E-state index is 0.220. The molecule has 1 atom stereocenters. The lowest BCUT2D eigenvalue weighted by Crippen LogP contribution is -2.39. The molecule has 1 rings (SSSR count). The van der Waals surface area contributed by atoms with Crippen LogP contribution in [0.5, 0.6) is 0 Å². The molecule has 0 amide bonds. The van der Waals surface area contributed by atoms with Crippen molar-refractivity contribution < 1.29 is 0 Å². The maximum atomic E-state index is 4.33. The highest BCUT2D eigenvalue weighted by molar-refractivity contribution is 5.48. The van der Waals surface area contributed by atoms with Crippen LogP contribution >= 0.6 is 0 Å². The standard InChI is InChI=1S/C13H24N4/c1-7-14-11-8-12(16-9-15-11)17(6)10(2)13(3,4)5/h8-10H,7H2,1-6H3,(H,14,15,16). The molecule has 4 nitrogen and oxygen atoms in total. The van der Waals surface area contributed by atoms with E-state index in [1.54, 1.807) is 6.33 Å². The SMILES string of the molecule is CCNc1cc(N(C)C(C)C(C)(C)C)ncn1. The van der Waals surface area contributed by atoms with Crippen LogP contribution in [-0.4, -0.2) is 29.6 Å². The lowest BCUT2D eigenvalue weighted by molar-refractivity contribution is 0.328. The van der Waals surface area contributed by atoms with Crippen LogP contribution in [0.2, 0.25) is 0 Å². The molecule has 4 heteroatoms. The Balaban J connectivity index is 2.88. The minimum Gasteiger partial charge on any atom is -0.370 e. The fourth-order valence-electron chi connectivity index (χ4n) is 1.60. The van der Waals surface area contributed by atoms with Gasteiger partial charge in [0.25, 0.3) is 0 Å². The van der Waals surface area contributed by atoms with Crippen LogP contribution < -0.4 is 10.2 Å². The van der Waals surface area contributed by atoms with Gasteiger partial charge in [0.05, 0.1) is 0 Å². The number of rotatable bonds is 4. The molecular formula is C13H24N4. The summed E-state index contributed by atoms with van der Waals surface area (Å²) in [6.45, 7) is 11.9. The van der Waals surface area contributed by atoms with Crippen LogP contribution in [0.15, 0.2) is 12.4 Å². The van der Waals surface area contributed by atoms with Gasteiger partial charge in [-0.1, -0.05) is 20.8 Å². The molecule has 0 aliphatic heterocycles. The number of nitrogens with one attached hydrogen (secondary N) is 1. The summed E-state index contributed by atoms with van der Waals surface area (Å²) < 4.78 is 0. The van der Waals surface area contributed by atoms with Crippen molar-refractivity contribution in [3.63, 3.8) is 0 Å². The first-order valence-electron chi connectivity index (χ1n) is 6.15. The van der Waals surface area contributed by atoms with Gasteiger partial charge < -0.3 is 10.2 Å². The van der Waals surface area contributed by atoms with E-state index in [0.717, 1.165) is 18.2 Å². The van der Waals surface area contributed by atoms with Crippen molar-refractivity contribution in [3.8, 4) is 0 Å². The highest BCUT2D eigenvalue weighted by Crippen LogP contribution is 2.26. The predicted octanol–water partition coefficient (Wildman–Crippen LogP) is 2.78. The van der Waals surface area contributed by atoms with E-state index < -0.39 is 0 Å². The van der Waals surface area contributed by atoms with Gasteiger partial charge in [0, 0.05) is 25.7 Å². The molecule has 0 saturated heterocycles. The molecule has 0 aliphatic carbocycles. The lowest BCUT2D eigenvalue weighted by atomic mass is 9.87. The Morgan fingerprint density at radius 1 is 1.35 bits per heavy atom. The third-order valence-electron chi connectivity index (χ3n) is 3.21. The molecule has 0 saturated carbocycles. The summed E-state index contributed by atoms with van der Waals surface area (Å²) in [7, 11) is 2.08. The largest absolute Gasteiger partial charge is 0.370 e. The Kier molecular flexibility index (Phi) is 4.32. The fourth-order valence-corrected chi connectivity index (χ4v) is 1.60. The van der Waals surface area contributed by atoms with Gasteiger partial charge in [-0.25, -0.2) is 9.97 Å². The smallest absolute Gasteiger partial charge is 0.134 e. The number of aromatic nitrogens is 2. The molecule has 96 valence electrons. The van der Waals surface area contributed by atoms with Crippen molar-refractivity contribution in [1.82, 2.24) is 9.97 Å². The van der Waals surface area contributed by atoms with Crippen LogP contribution in [-0.2, 0) is 0 Å². The van der Waals surface area contributed by atoms with Crippen LogP contribution in [0, 0.1) is 5.41 Å². The molecule has 17 heavy (non-hydrogen) atoms. The molecule has 1 aromatic heterocycles. The fraction of sp³-hybridized carbons (Fsp3) is 0.692. The number of hydrogen-bond acceptors (Lipinski definition) is 4. The number of hydrogen-bond donors (Lipinski definition) is 1. The molecule has 1 unspecified atom stereocenters. The highest BCUT2D eigenvalue weighted by Gasteiger charge is 2.24. The van der Waals surface area contributed by atoms with E-state index in [0.29, 0.717) is 6.04 Å². The van der Waals surface area contributed by atoms with E-state index in [-0.39, 0.29) is 5.41 Å². The Labute approximate surface area is 104 Å². The van der Waals surface area contributed by atoms with Gasteiger partial charge in [0.15, 0.2) is 0 Å². The van der Waals surface area contributed by atoms with Gasteiger partial charge in [-0.3, -0.25) is 0 Å². The normalized spacial score (nSPS) is 13.3. The molecule has 0 aromatic carbocycles. The lowest BCUT2D eigenvalue weighted by Gasteiger charge is -2.36. The summed E-state index contributed by atoms with van der Waals surface area (Å²) in [5, 5.41) is 3.20. The third-order valence-corrected chi connectivity index (χ3v) is 3.21. The molecule has 1 aromatic rings. The predicted molar refractivity (Wildman–Crippen MR) is 73.5 cm³/mol. The van der Waals surface area contributed by atoms with E-state index in [4.69, 9.17) is 0 Å². The van der Waals surface area contributed by atoms with Crippen molar-refractivity contribution in [3.05, 3.63) is 12.4 Å². The highest BCUT2D eigenvalue weighted by atomic mass is 15.2. The zero-order chi connectivity index (χ0) is 13.1. The third kappa shape index (κ3) is 3.58. The van der Waals surface area contributed by atoms with Gasteiger partial charge >= 0.3 is 0 Å². The van der Waals surface area contributed by atoms with Crippen molar-refractivity contribution in [2.24, 2.45) is 5.41 Å². The Morgan fingerprint density at radius 2 is 2.00 bits per heavy atom. The van der Waals surface area contributed by atoms with Crippen molar-refractivity contribution in [2.45, 2.75) is 40.7 Å². The second-order valence-electron chi connectivity index (χ2n) is 5.44. The van der Waals surface area contributed by atoms with Crippen LogP contribution in [0.4, 0.5) is 11.6 Å². The van der Waals surface area contributed by atoms with E-state index in [1.165, 1.54) is 0 Å². The number of anilines is 2. The summed E-state index contributed by atoms with van der Waals surface area (Å²) in [5.41, 5.74) is 0.220. The van der Waals surface area contributed by atoms with Gasteiger partial charge in [0.2, 0.25) is 0 Å². The van der Waals surface area contributed by atoms with Crippen LogP contribution in [0.1, 0.15) is 34.6 Å². The molecule has 0 aliphatic rings. The monoisotopic (exact) mass is 236 g/mol. The molecule has 1 heterocycles. The molecule has 0 fully saturated rings. The van der Waals surface area contributed by atoms with Gasteiger partial charge in [-0.2, -0.15) is 0 Å². The molecule has 1 N–H and O–H groups in total. The van der Waals surface area contributed by atoms with Gasteiger partial charge in [-0.15, -0.1) is 0 Å². The van der Waals surface area contributed by atoms with E-state index in [9.17, 15) is 0 Å². The Morgan fingerprint density at radius 3 is 2.53 bits per heavy atom. The maximum Gasteiger partial charge on any atom is 0.134 e. The molecule has 0 bridgehead atoms. The number of nitrogens with zero attached hydrogens (tertiary/aromatic N) is 3. The maximum absolute atomic E-state index is 4.33. The topological polar surface area (TPSA) is 41.0 Å². The van der Waals surface area contributed by atoms with Crippen LogP contribution in [0.25, 0.3) is 0 Å². The van der Waals surface area contributed by atoms with E-state index in [2.05, 4.69) is 61.9 Å². The van der Waals surface area contributed by atoms with Crippen molar-refractivity contribution in [1.29, 1.82) is 0 Å². The first kappa shape index (κ1) is 13.7. The second kappa shape index (κ2) is 5.34. The van der Waals surface area contributed by atoms with Gasteiger partial charge in [0.1, 0.15) is 18.0 Å². The average molecular weight is 236 g/mol. The summed E-state index contributed by atoms with van der Waals surface area (Å²) >= 11 is 0. The van der Waals surface area contributed by atoms with Crippen molar-refractivity contribution in [2.75, 3.05) is 23.8 Å². The summed E-state index contributed by atoms with van der Waals surface area (Å²) in [4.78, 5) is 10.7. The van der Waals surface area contributed by atoms with E-state index in [1.807, 2.05) is 6.07 Å².